The average Bonchev–Trinajstić information content (AvgIpc) is 3.26. The van der Waals surface area contributed by atoms with Gasteiger partial charge in [-0.15, -0.1) is 11.8 Å². The molecule has 0 aromatic heterocycles. The third-order valence-electron chi connectivity index (χ3n) is 6.27. The lowest BCUT2D eigenvalue weighted by Crippen LogP contribution is -2.71. The lowest BCUT2D eigenvalue weighted by Gasteiger charge is -2.50. The number of rotatable bonds is 6. The van der Waals surface area contributed by atoms with Gasteiger partial charge in [0.15, 0.2) is 0 Å². The second-order valence-electron chi connectivity index (χ2n) is 8.19. The first kappa shape index (κ1) is 22.8. The van der Waals surface area contributed by atoms with Crippen LogP contribution in [0.2, 0.25) is 0 Å². The normalized spacial score (nSPS) is 23.9. The van der Waals surface area contributed by atoms with Crippen molar-refractivity contribution in [3.8, 4) is 0 Å². The van der Waals surface area contributed by atoms with Crippen molar-refractivity contribution in [2.45, 2.75) is 49.4 Å². The summed E-state index contributed by atoms with van der Waals surface area (Å²) in [6.45, 7) is 1.06. The van der Waals surface area contributed by atoms with Crippen molar-refractivity contribution in [3.05, 3.63) is 45.6 Å². The van der Waals surface area contributed by atoms with Crippen LogP contribution < -0.4 is 5.32 Å². The maximum atomic E-state index is 13.4. The Morgan fingerprint density at radius 3 is 2.50 bits per heavy atom. The van der Waals surface area contributed by atoms with Gasteiger partial charge in [0, 0.05) is 22.7 Å². The summed E-state index contributed by atoms with van der Waals surface area (Å²) in [6.07, 6.45) is 3.26. The zero-order valence-electron chi connectivity index (χ0n) is 17.4. The lowest BCUT2D eigenvalue weighted by molar-refractivity contribution is -0.151. The van der Waals surface area contributed by atoms with E-state index in [0.717, 1.165) is 22.9 Å². The van der Waals surface area contributed by atoms with Gasteiger partial charge in [-0.25, -0.2) is 4.79 Å². The standard InChI is InChI=1S/C22H23BrN2O6S/c1-12(26)31-10-13-11-32-19-16(18(27)25(19)17(13)20(28)29)24-21(30)22(8-2-3-9-22)14-4-6-15(23)7-5-14/h4-7,16,19H,2-3,8-11H2,1H3,(H,24,30)(H,28,29)/t16-,19+/m0/s1. The van der Waals surface area contributed by atoms with E-state index in [0.29, 0.717) is 24.2 Å². The van der Waals surface area contributed by atoms with Crippen LogP contribution in [0.15, 0.2) is 40.0 Å². The van der Waals surface area contributed by atoms with E-state index in [4.69, 9.17) is 4.74 Å². The number of benzene rings is 1. The second-order valence-corrected chi connectivity index (χ2v) is 10.2. The molecule has 2 heterocycles. The number of esters is 1. The zero-order chi connectivity index (χ0) is 23.0. The molecule has 0 radical (unpaired) electrons. The Morgan fingerprint density at radius 1 is 1.25 bits per heavy atom. The Bertz CT molecular complexity index is 1000. The lowest BCUT2D eigenvalue weighted by atomic mass is 9.77. The first-order chi connectivity index (χ1) is 15.2. The zero-order valence-corrected chi connectivity index (χ0v) is 19.8. The van der Waals surface area contributed by atoms with E-state index in [2.05, 4.69) is 21.2 Å². The first-order valence-corrected chi connectivity index (χ1v) is 12.2. The number of halogens is 1. The molecular formula is C22H23BrN2O6S. The van der Waals surface area contributed by atoms with Gasteiger partial charge in [0.2, 0.25) is 5.91 Å². The number of fused-ring (bicyclic) bond motifs is 1. The number of β-lactam (4-membered cyclic amide) rings is 1. The Balaban J connectivity index is 1.54. The molecular weight excluding hydrogens is 500 g/mol. The SMILES string of the molecule is CC(=O)OCC1=C(C(=O)O)N2C(=O)[C@H](NC(=O)C3(c4ccc(Br)cc4)CCCC3)[C@H]2SC1. The summed E-state index contributed by atoms with van der Waals surface area (Å²) in [5, 5.41) is 12.1. The van der Waals surface area contributed by atoms with Crippen molar-refractivity contribution in [2.75, 3.05) is 12.4 Å². The van der Waals surface area contributed by atoms with Crippen molar-refractivity contribution in [1.29, 1.82) is 0 Å². The van der Waals surface area contributed by atoms with Crippen LogP contribution in [0.4, 0.5) is 0 Å². The van der Waals surface area contributed by atoms with Crippen LogP contribution in [-0.2, 0) is 29.3 Å². The van der Waals surface area contributed by atoms with Crippen LogP contribution in [-0.4, -0.2) is 57.5 Å². The Hall–Kier alpha value is -2.33. The molecule has 2 amide bonds. The smallest absolute Gasteiger partial charge is 0.352 e. The molecule has 2 aliphatic heterocycles. The largest absolute Gasteiger partial charge is 0.477 e. The molecule has 1 saturated heterocycles. The van der Waals surface area contributed by atoms with Crippen molar-refractivity contribution in [3.63, 3.8) is 0 Å². The van der Waals surface area contributed by atoms with Crippen molar-refractivity contribution < 1.29 is 29.0 Å². The van der Waals surface area contributed by atoms with E-state index in [1.54, 1.807) is 0 Å². The number of nitrogens with one attached hydrogen (secondary N) is 1. The number of thioether (sulfide) groups is 1. The van der Waals surface area contributed by atoms with Crippen LogP contribution >= 0.6 is 27.7 Å². The highest BCUT2D eigenvalue weighted by molar-refractivity contribution is 9.10. The number of carboxylic acid groups (broad SMARTS) is 1. The third kappa shape index (κ3) is 3.94. The van der Waals surface area contributed by atoms with E-state index in [1.807, 2.05) is 24.3 Å². The molecule has 32 heavy (non-hydrogen) atoms. The number of nitrogens with zero attached hydrogens (tertiary/aromatic N) is 1. The number of amides is 2. The molecule has 1 saturated carbocycles. The molecule has 2 fully saturated rings. The Labute approximate surface area is 197 Å². The van der Waals surface area contributed by atoms with Gasteiger partial charge in [0.1, 0.15) is 23.7 Å². The quantitative estimate of drug-likeness (QED) is 0.435. The van der Waals surface area contributed by atoms with Gasteiger partial charge in [0.05, 0.1) is 5.41 Å². The van der Waals surface area contributed by atoms with Crippen LogP contribution in [0.3, 0.4) is 0 Å². The second kappa shape index (κ2) is 8.90. The highest BCUT2D eigenvalue weighted by Crippen LogP contribution is 2.44. The predicted molar refractivity (Wildman–Crippen MR) is 121 cm³/mol. The molecule has 1 aromatic rings. The van der Waals surface area contributed by atoms with E-state index >= 15 is 0 Å². The average molecular weight is 523 g/mol. The maximum absolute atomic E-state index is 13.4. The van der Waals surface area contributed by atoms with Crippen molar-refractivity contribution in [1.82, 2.24) is 10.2 Å². The van der Waals surface area contributed by atoms with E-state index in [1.165, 1.54) is 23.6 Å². The molecule has 1 aliphatic carbocycles. The summed E-state index contributed by atoms with van der Waals surface area (Å²) < 4.78 is 5.88. The molecule has 170 valence electrons. The number of carboxylic acids is 1. The topological polar surface area (TPSA) is 113 Å². The number of ether oxygens (including phenoxy) is 1. The summed E-state index contributed by atoms with van der Waals surface area (Å²) in [5.41, 5.74) is 0.445. The minimum absolute atomic E-state index is 0.158. The molecule has 4 rings (SSSR count). The first-order valence-electron chi connectivity index (χ1n) is 10.3. The van der Waals surface area contributed by atoms with Crippen molar-refractivity contribution >= 4 is 51.4 Å². The number of carbonyl (C=O) groups is 4. The summed E-state index contributed by atoms with van der Waals surface area (Å²) in [7, 11) is 0. The molecule has 3 aliphatic rings. The minimum Gasteiger partial charge on any atom is -0.477 e. The fourth-order valence-corrected chi connectivity index (χ4v) is 6.25. The van der Waals surface area contributed by atoms with Crippen LogP contribution in [0, 0.1) is 0 Å². The fraction of sp³-hybridized carbons (Fsp3) is 0.455. The summed E-state index contributed by atoms with van der Waals surface area (Å²) in [4.78, 5) is 50.5. The van der Waals surface area contributed by atoms with E-state index in [-0.39, 0.29) is 18.2 Å². The Kier molecular flexibility index (Phi) is 6.35. The van der Waals surface area contributed by atoms with Crippen molar-refractivity contribution in [2.24, 2.45) is 0 Å². The molecule has 2 atom stereocenters. The van der Waals surface area contributed by atoms with Crippen LogP contribution in [0.25, 0.3) is 0 Å². The van der Waals surface area contributed by atoms with Gasteiger partial charge in [-0.2, -0.15) is 0 Å². The monoisotopic (exact) mass is 522 g/mol. The third-order valence-corrected chi connectivity index (χ3v) is 8.14. The molecule has 0 unspecified atom stereocenters. The highest BCUT2D eigenvalue weighted by Gasteiger charge is 2.56. The van der Waals surface area contributed by atoms with E-state index < -0.39 is 34.7 Å². The number of aliphatic carboxylic acids is 1. The number of hydrogen-bond donors (Lipinski definition) is 2. The molecule has 10 heteroatoms. The fourth-order valence-electron chi connectivity index (χ4n) is 4.66. The molecule has 0 bridgehead atoms. The van der Waals surface area contributed by atoms with Gasteiger partial charge < -0.3 is 15.2 Å². The van der Waals surface area contributed by atoms with Gasteiger partial charge in [-0.3, -0.25) is 19.3 Å². The van der Waals surface area contributed by atoms with Crippen LogP contribution in [0.5, 0.6) is 0 Å². The number of carbonyl (C=O) groups excluding carboxylic acids is 3. The van der Waals surface area contributed by atoms with Gasteiger partial charge >= 0.3 is 11.9 Å². The molecule has 8 nitrogen and oxygen atoms in total. The molecule has 1 aromatic carbocycles. The highest BCUT2D eigenvalue weighted by atomic mass is 79.9. The van der Waals surface area contributed by atoms with Gasteiger partial charge in [0.25, 0.3) is 5.91 Å². The molecule has 0 spiro atoms. The molecule has 2 N–H and O–H groups in total. The summed E-state index contributed by atoms with van der Waals surface area (Å²) >= 11 is 4.78. The number of hydrogen-bond acceptors (Lipinski definition) is 6. The van der Waals surface area contributed by atoms with Gasteiger partial charge in [-0.05, 0) is 30.5 Å². The minimum atomic E-state index is -1.25. The van der Waals surface area contributed by atoms with Gasteiger partial charge in [-0.1, -0.05) is 40.9 Å². The Morgan fingerprint density at radius 2 is 1.91 bits per heavy atom. The van der Waals surface area contributed by atoms with E-state index in [9.17, 15) is 24.3 Å². The van der Waals surface area contributed by atoms with Crippen LogP contribution in [0.1, 0.15) is 38.2 Å². The summed E-state index contributed by atoms with van der Waals surface area (Å²) in [6, 6.07) is 6.90. The summed E-state index contributed by atoms with van der Waals surface area (Å²) in [5.74, 6) is -2.13. The maximum Gasteiger partial charge on any atom is 0.352 e. The predicted octanol–water partition coefficient (Wildman–Crippen LogP) is 2.56.